The molecular formula is C50H68N14O8. The number of methoxy groups -OCH3 is 1. The summed E-state index contributed by atoms with van der Waals surface area (Å²) in [6.45, 7) is 21.1. The Balaban J connectivity index is 0.00000475. The maximum Gasteiger partial charge on any atom is 0.410 e. The third kappa shape index (κ3) is 13.9. The van der Waals surface area contributed by atoms with Gasteiger partial charge in [-0.2, -0.15) is 10.2 Å². The van der Waals surface area contributed by atoms with Crippen molar-refractivity contribution >= 4 is 65.2 Å². The number of primary amides is 1. The highest BCUT2D eigenvalue weighted by Gasteiger charge is 2.26. The number of ether oxygens (including phenoxy) is 3. The lowest BCUT2D eigenvalue weighted by Crippen LogP contribution is -2.49. The Hall–Kier alpha value is -7.85. The molecule has 0 aliphatic carbocycles. The molecule has 4 heterocycles. The zero-order valence-electron chi connectivity index (χ0n) is 42.7. The number of benzene rings is 2. The fraction of sp³-hybridized carbons (Fsp3) is 0.420. The van der Waals surface area contributed by atoms with Crippen LogP contribution in [0, 0.1) is 13.8 Å². The van der Waals surface area contributed by atoms with Gasteiger partial charge in [0.1, 0.15) is 52.6 Å². The molecule has 6 N–H and O–H groups in total. The number of aromatic nitrogens is 6. The topological polar surface area (TPSA) is 265 Å². The summed E-state index contributed by atoms with van der Waals surface area (Å²) in [5, 5.41) is 14.8. The first-order valence-electron chi connectivity index (χ1n) is 23.6. The molecule has 6 rings (SSSR count). The predicted molar refractivity (Wildman–Crippen MR) is 277 cm³/mol. The zero-order valence-corrected chi connectivity index (χ0v) is 42.7. The number of carbonyl (C=O) groups is 5. The van der Waals surface area contributed by atoms with E-state index in [1.165, 1.54) is 14.2 Å². The van der Waals surface area contributed by atoms with E-state index >= 15 is 0 Å². The molecule has 1 aliphatic heterocycles. The van der Waals surface area contributed by atoms with Gasteiger partial charge in [-0.15, -0.1) is 0 Å². The second-order valence-electron chi connectivity index (χ2n) is 17.5. The Labute approximate surface area is 419 Å². The fourth-order valence-corrected chi connectivity index (χ4v) is 7.88. The molecule has 386 valence electrons. The summed E-state index contributed by atoms with van der Waals surface area (Å²) in [5.74, 6) is -0.707. The van der Waals surface area contributed by atoms with Gasteiger partial charge in [0.05, 0.1) is 36.4 Å². The Morgan fingerprint density at radius 2 is 1.50 bits per heavy atom. The van der Waals surface area contributed by atoms with Crippen LogP contribution in [-0.2, 0) is 24.4 Å². The number of nitrogens with one attached hydrogen (secondary N) is 2. The summed E-state index contributed by atoms with van der Waals surface area (Å²) in [7, 11) is 2.97. The number of imidazole rings is 1. The van der Waals surface area contributed by atoms with Gasteiger partial charge in [-0.25, -0.2) is 9.78 Å². The van der Waals surface area contributed by atoms with Gasteiger partial charge >= 0.3 is 6.09 Å². The maximum absolute atomic E-state index is 13.9. The van der Waals surface area contributed by atoms with Crippen LogP contribution in [0.1, 0.15) is 87.7 Å². The quantitative estimate of drug-likeness (QED) is 0.0323. The summed E-state index contributed by atoms with van der Waals surface area (Å²) in [4.78, 5) is 79.3. The lowest BCUT2D eigenvalue weighted by atomic mass is 10.1. The molecule has 0 saturated carbocycles. The summed E-state index contributed by atoms with van der Waals surface area (Å²) >= 11 is 0. The van der Waals surface area contributed by atoms with Crippen LogP contribution in [0.2, 0.25) is 0 Å². The largest absolute Gasteiger partial charge is 0.494 e. The van der Waals surface area contributed by atoms with Gasteiger partial charge in [0.15, 0.2) is 0 Å². The van der Waals surface area contributed by atoms with E-state index < -0.39 is 17.4 Å². The molecule has 2 aromatic carbocycles. The van der Waals surface area contributed by atoms with Gasteiger partial charge < -0.3 is 45.4 Å². The van der Waals surface area contributed by atoms with Gasteiger partial charge in [0.25, 0.3) is 11.8 Å². The minimum atomic E-state index is -0.693. The first-order chi connectivity index (χ1) is 34.5. The number of aryl methyl sites for hydroxylation is 4. The van der Waals surface area contributed by atoms with Crippen molar-refractivity contribution in [2.45, 2.75) is 73.7 Å². The van der Waals surface area contributed by atoms with Crippen LogP contribution < -0.4 is 36.5 Å². The summed E-state index contributed by atoms with van der Waals surface area (Å²) in [6, 6.07) is 9.65. The van der Waals surface area contributed by atoms with Crippen LogP contribution in [0.4, 0.5) is 22.1 Å². The lowest BCUT2D eigenvalue weighted by Gasteiger charge is -2.35. The molecule has 0 spiro atoms. The van der Waals surface area contributed by atoms with Crippen molar-refractivity contribution in [1.29, 1.82) is 0 Å². The molecule has 0 unspecified atom stereocenters. The number of amides is 4. The van der Waals surface area contributed by atoms with E-state index in [4.69, 9.17) is 24.9 Å². The third-order valence-corrected chi connectivity index (χ3v) is 11.2. The molecule has 4 amide bonds. The Bertz CT molecular complexity index is 2790. The van der Waals surface area contributed by atoms with Crippen LogP contribution in [-0.4, -0.2) is 148 Å². The number of nitrogens with zero attached hydrogens (tertiary/aromatic N) is 10. The molecule has 3 aromatic heterocycles. The van der Waals surface area contributed by atoms with E-state index in [1.54, 1.807) is 62.2 Å². The molecule has 0 atom stereocenters. The smallest absolute Gasteiger partial charge is 0.410 e. The molecule has 1 fully saturated rings. The lowest BCUT2D eigenvalue weighted by molar-refractivity contribution is 0.0153. The Morgan fingerprint density at radius 1 is 0.861 bits per heavy atom. The van der Waals surface area contributed by atoms with E-state index in [1.807, 2.05) is 70.7 Å². The standard InChI is InChI=1S/C49H63N13O8.CH5N/c1-10-61-38(24-32(3)55-61)45(65)52-31-59(42-36(51-8)26-34(30-63)27-40(42)68-9)17-12-13-18-60-43-37(53-47(60)54-46(66)39-25-33(4)56-62(39)11-2)28-35(44(50)64)29-41(43)69-23-15-14-16-57-19-21-58(22-20-57)48(67)70-49(5,6)7;1-2/h12-15,24-30H,8,10-11,16-23,31H2,1-7,9H3,(H2,50,64)(H,52,65)(H,53,54,66);2H2,1H3/b13-12+,15-14+;. The van der Waals surface area contributed by atoms with Crippen molar-refractivity contribution in [2.75, 3.05) is 76.9 Å². The Kier molecular flexibility index (Phi) is 19.4. The first kappa shape index (κ1) is 55.1. The second kappa shape index (κ2) is 25.3. The van der Waals surface area contributed by atoms with Crippen LogP contribution >= 0.6 is 0 Å². The van der Waals surface area contributed by atoms with Gasteiger partial charge in [0.2, 0.25) is 11.9 Å². The SMILES string of the molecule is C=Nc1cc(C=O)cc(OC)c1N(C/C=C/Cn1c(NC(=O)c2cc(C)nn2CC)nc2cc(C(N)=O)cc(OC/C=C/CN3CCN(C(=O)OC(C)(C)C)CC3)c21)CNC(=O)c1cc(C)nn1CC.CN. The van der Waals surface area contributed by atoms with Crippen molar-refractivity contribution in [3.63, 3.8) is 0 Å². The highest BCUT2D eigenvalue weighted by molar-refractivity contribution is 6.04. The first-order valence-corrected chi connectivity index (χ1v) is 23.6. The fourth-order valence-electron chi connectivity index (χ4n) is 7.88. The molecule has 5 aromatic rings. The van der Waals surface area contributed by atoms with Gasteiger partial charge in [-0.1, -0.05) is 24.3 Å². The Morgan fingerprint density at radius 3 is 2.08 bits per heavy atom. The number of piperazine rings is 1. The normalized spacial score (nSPS) is 12.9. The van der Waals surface area contributed by atoms with Gasteiger partial charge in [0, 0.05) is 70.0 Å². The molecule has 22 heteroatoms. The van der Waals surface area contributed by atoms with Gasteiger partial charge in [-0.05, 0) is 98.6 Å². The predicted octanol–water partition coefficient (Wildman–Crippen LogP) is 5.10. The molecule has 72 heavy (non-hydrogen) atoms. The molecular weight excluding hydrogens is 925 g/mol. The number of allylic oxidation sites excluding steroid dienone is 1. The number of aliphatic imine (C=N–C) groups is 1. The van der Waals surface area contributed by atoms with Gasteiger partial charge in [-0.3, -0.25) is 43.8 Å². The van der Waals surface area contributed by atoms with E-state index in [2.05, 4.69) is 43.2 Å². The van der Waals surface area contributed by atoms with Crippen LogP contribution in [0.3, 0.4) is 0 Å². The highest BCUT2D eigenvalue weighted by atomic mass is 16.6. The van der Waals surface area contributed by atoms with Crippen molar-refractivity contribution in [2.24, 2.45) is 16.5 Å². The zero-order chi connectivity index (χ0) is 52.7. The van der Waals surface area contributed by atoms with Crippen LogP contribution in [0.5, 0.6) is 11.5 Å². The second-order valence-corrected chi connectivity index (χ2v) is 17.5. The molecule has 0 bridgehead atoms. The average Bonchev–Trinajstić information content (AvgIpc) is 4.06. The summed E-state index contributed by atoms with van der Waals surface area (Å²) < 4.78 is 22.6. The van der Waals surface area contributed by atoms with Crippen molar-refractivity contribution in [3.8, 4) is 11.5 Å². The van der Waals surface area contributed by atoms with E-state index in [-0.39, 0.29) is 49.9 Å². The summed E-state index contributed by atoms with van der Waals surface area (Å²) in [5.41, 5.74) is 14.0. The number of carbonyl (C=O) groups excluding carboxylic acids is 5. The summed E-state index contributed by atoms with van der Waals surface area (Å²) in [6.07, 6.45) is 7.91. The number of hydrogen-bond acceptors (Lipinski definition) is 15. The van der Waals surface area contributed by atoms with Crippen molar-refractivity contribution in [1.82, 2.24) is 44.2 Å². The highest BCUT2D eigenvalue weighted by Crippen LogP contribution is 2.39. The minimum absolute atomic E-state index is 0.0139. The maximum atomic E-state index is 13.9. The molecule has 1 saturated heterocycles. The molecule has 22 nitrogen and oxygen atoms in total. The van der Waals surface area contributed by atoms with Crippen LogP contribution in [0.25, 0.3) is 11.0 Å². The monoisotopic (exact) mass is 993 g/mol. The van der Waals surface area contributed by atoms with E-state index in [0.29, 0.717) is 114 Å². The van der Waals surface area contributed by atoms with Crippen molar-refractivity contribution < 1.29 is 38.2 Å². The molecule has 0 radical (unpaired) electrons. The number of nitrogens with two attached hydrogens (primary N) is 2. The number of rotatable bonds is 21. The van der Waals surface area contributed by atoms with Crippen molar-refractivity contribution in [3.05, 3.63) is 94.6 Å². The van der Waals surface area contributed by atoms with E-state index in [0.717, 1.165) is 0 Å². The minimum Gasteiger partial charge on any atom is -0.494 e. The number of hydrogen-bond donors (Lipinski definition) is 4. The van der Waals surface area contributed by atoms with E-state index in [9.17, 15) is 24.0 Å². The van der Waals surface area contributed by atoms with Crippen LogP contribution in [0.15, 0.2) is 65.7 Å². The molecule has 1 aliphatic rings. The number of fused-ring (bicyclic) bond motifs is 1. The average molecular weight is 993 g/mol. The number of aldehydes is 1. The third-order valence-electron chi connectivity index (χ3n) is 11.2. The number of anilines is 2.